The normalized spacial score (nSPS) is 10.1. The van der Waals surface area contributed by atoms with Crippen molar-refractivity contribution in [3.63, 3.8) is 0 Å². The summed E-state index contributed by atoms with van der Waals surface area (Å²) in [6.45, 7) is 7.08. The third-order valence-corrected chi connectivity index (χ3v) is 3.60. The van der Waals surface area contributed by atoms with Crippen molar-refractivity contribution in [2.24, 2.45) is 0 Å². The molecule has 0 aromatic heterocycles. The topological polar surface area (TPSA) is 47.6 Å². The fourth-order valence-electron chi connectivity index (χ4n) is 2.33. The van der Waals surface area contributed by atoms with Crippen LogP contribution in [0.2, 0.25) is 0 Å². The molecule has 0 heterocycles. The van der Waals surface area contributed by atoms with Crippen LogP contribution in [0.1, 0.15) is 29.3 Å². The van der Waals surface area contributed by atoms with Crippen LogP contribution in [0.25, 0.3) is 0 Å². The lowest BCUT2D eigenvalue weighted by Crippen LogP contribution is -2.28. The van der Waals surface area contributed by atoms with Crippen LogP contribution < -0.4 is 14.8 Å². The van der Waals surface area contributed by atoms with Crippen LogP contribution in [-0.4, -0.2) is 25.7 Å². The van der Waals surface area contributed by atoms with E-state index in [4.69, 9.17) is 9.47 Å². The van der Waals surface area contributed by atoms with Gasteiger partial charge < -0.3 is 14.8 Å². The third kappa shape index (κ3) is 6.34. The lowest BCUT2D eigenvalue weighted by molar-refractivity contribution is 0.0947. The zero-order valence-electron chi connectivity index (χ0n) is 14.7. The molecule has 132 valence electrons. The fourth-order valence-corrected chi connectivity index (χ4v) is 2.33. The molecule has 1 amide bonds. The Morgan fingerprint density at radius 1 is 1.04 bits per heavy atom. The predicted octanol–water partition coefficient (Wildman–Crippen LogP) is 4.01. The summed E-state index contributed by atoms with van der Waals surface area (Å²) >= 11 is 0. The maximum atomic E-state index is 12.1. The van der Waals surface area contributed by atoms with Crippen LogP contribution in [0.15, 0.2) is 61.2 Å². The molecular weight excluding hydrogens is 314 g/mol. The molecule has 0 unspecified atom stereocenters. The van der Waals surface area contributed by atoms with Crippen molar-refractivity contribution in [2.75, 3.05) is 19.8 Å². The standard InChI is InChI=1S/C21H25NO3/c1-3-5-17-6-10-19(11-7-17)25-16-14-22-21(23)18-8-12-20(13-9-18)24-15-4-2/h4,6-13H,2-3,5,14-16H2,1H3,(H,22,23). The first-order valence-corrected chi connectivity index (χ1v) is 8.56. The SMILES string of the molecule is C=CCOc1ccc(C(=O)NCCOc2ccc(CCC)cc2)cc1. The van der Waals surface area contributed by atoms with E-state index in [9.17, 15) is 4.79 Å². The summed E-state index contributed by atoms with van der Waals surface area (Å²) in [4.78, 5) is 12.1. The molecule has 0 saturated heterocycles. The lowest BCUT2D eigenvalue weighted by Gasteiger charge is -2.09. The van der Waals surface area contributed by atoms with Crippen molar-refractivity contribution < 1.29 is 14.3 Å². The van der Waals surface area contributed by atoms with Gasteiger partial charge >= 0.3 is 0 Å². The van der Waals surface area contributed by atoms with E-state index in [-0.39, 0.29) is 5.91 Å². The summed E-state index contributed by atoms with van der Waals surface area (Å²) in [6, 6.07) is 15.1. The van der Waals surface area contributed by atoms with Gasteiger partial charge in [-0.1, -0.05) is 38.1 Å². The van der Waals surface area contributed by atoms with Gasteiger partial charge in [0.05, 0.1) is 6.54 Å². The Bertz CT molecular complexity index is 663. The van der Waals surface area contributed by atoms with E-state index in [1.807, 2.05) is 12.1 Å². The van der Waals surface area contributed by atoms with Crippen molar-refractivity contribution in [3.8, 4) is 11.5 Å². The number of carbonyl (C=O) groups excluding carboxylic acids is 1. The van der Waals surface area contributed by atoms with E-state index in [2.05, 4.69) is 31.0 Å². The van der Waals surface area contributed by atoms with E-state index in [0.717, 1.165) is 18.6 Å². The van der Waals surface area contributed by atoms with E-state index in [0.29, 0.717) is 31.1 Å². The molecule has 0 aliphatic carbocycles. The molecule has 0 aliphatic heterocycles. The second-order valence-corrected chi connectivity index (χ2v) is 5.62. The monoisotopic (exact) mass is 339 g/mol. The Kier molecular flexibility index (Phi) is 7.57. The molecule has 0 saturated carbocycles. The zero-order chi connectivity index (χ0) is 17.9. The quantitative estimate of drug-likeness (QED) is 0.525. The summed E-state index contributed by atoms with van der Waals surface area (Å²) in [5.74, 6) is 1.40. The van der Waals surface area contributed by atoms with Gasteiger partial charge in [0, 0.05) is 5.56 Å². The average molecular weight is 339 g/mol. The third-order valence-electron chi connectivity index (χ3n) is 3.60. The minimum atomic E-state index is -0.128. The Morgan fingerprint density at radius 2 is 1.68 bits per heavy atom. The van der Waals surface area contributed by atoms with Crippen LogP contribution in [0.5, 0.6) is 11.5 Å². The van der Waals surface area contributed by atoms with E-state index >= 15 is 0 Å². The first-order valence-electron chi connectivity index (χ1n) is 8.56. The second kappa shape index (κ2) is 10.2. The summed E-state index contributed by atoms with van der Waals surface area (Å²) in [5.41, 5.74) is 1.90. The zero-order valence-corrected chi connectivity index (χ0v) is 14.7. The first-order chi connectivity index (χ1) is 12.2. The van der Waals surface area contributed by atoms with E-state index in [1.54, 1.807) is 30.3 Å². The molecule has 0 spiro atoms. The first kappa shape index (κ1) is 18.6. The minimum Gasteiger partial charge on any atom is -0.492 e. The number of aryl methyl sites for hydroxylation is 1. The molecule has 2 aromatic rings. The van der Waals surface area contributed by atoms with Gasteiger partial charge in [0.25, 0.3) is 5.91 Å². The number of nitrogens with one attached hydrogen (secondary N) is 1. The van der Waals surface area contributed by atoms with E-state index in [1.165, 1.54) is 5.56 Å². The van der Waals surface area contributed by atoms with Crippen LogP contribution in [0.4, 0.5) is 0 Å². The highest BCUT2D eigenvalue weighted by molar-refractivity contribution is 5.94. The van der Waals surface area contributed by atoms with Crippen molar-refractivity contribution in [1.82, 2.24) is 5.32 Å². The summed E-state index contributed by atoms with van der Waals surface area (Å²) in [6.07, 6.45) is 3.89. The van der Waals surface area contributed by atoms with Gasteiger partial charge in [0.15, 0.2) is 0 Å². The van der Waals surface area contributed by atoms with Gasteiger partial charge in [-0.25, -0.2) is 0 Å². The van der Waals surface area contributed by atoms with Gasteiger partial charge in [-0.15, -0.1) is 0 Å². The van der Waals surface area contributed by atoms with Gasteiger partial charge in [-0.2, -0.15) is 0 Å². The summed E-state index contributed by atoms with van der Waals surface area (Å²) in [7, 11) is 0. The highest BCUT2D eigenvalue weighted by Gasteiger charge is 2.05. The summed E-state index contributed by atoms with van der Waals surface area (Å²) in [5, 5.41) is 2.84. The number of hydrogen-bond donors (Lipinski definition) is 1. The highest BCUT2D eigenvalue weighted by Crippen LogP contribution is 2.13. The molecule has 2 rings (SSSR count). The number of carbonyl (C=O) groups is 1. The number of ether oxygens (including phenoxy) is 2. The highest BCUT2D eigenvalue weighted by atomic mass is 16.5. The largest absolute Gasteiger partial charge is 0.492 e. The van der Waals surface area contributed by atoms with Crippen LogP contribution in [-0.2, 0) is 6.42 Å². The maximum absolute atomic E-state index is 12.1. The molecular formula is C21H25NO3. The molecule has 25 heavy (non-hydrogen) atoms. The van der Waals surface area contributed by atoms with Crippen molar-refractivity contribution in [1.29, 1.82) is 0 Å². The Hall–Kier alpha value is -2.75. The minimum absolute atomic E-state index is 0.128. The molecule has 1 N–H and O–H groups in total. The molecule has 0 radical (unpaired) electrons. The molecule has 0 atom stereocenters. The van der Waals surface area contributed by atoms with Crippen LogP contribution in [0, 0.1) is 0 Å². The van der Waals surface area contributed by atoms with Crippen LogP contribution >= 0.6 is 0 Å². The van der Waals surface area contributed by atoms with Gasteiger partial charge in [-0.05, 0) is 48.4 Å². The Labute approximate surface area is 149 Å². The van der Waals surface area contributed by atoms with Crippen molar-refractivity contribution in [2.45, 2.75) is 19.8 Å². The smallest absolute Gasteiger partial charge is 0.251 e. The maximum Gasteiger partial charge on any atom is 0.251 e. The molecule has 0 aliphatic rings. The van der Waals surface area contributed by atoms with Gasteiger partial charge in [0.2, 0.25) is 0 Å². The van der Waals surface area contributed by atoms with Crippen molar-refractivity contribution in [3.05, 3.63) is 72.3 Å². The molecule has 4 heteroatoms. The number of amides is 1. The molecule has 0 bridgehead atoms. The Balaban J connectivity index is 1.71. The van der Waals surface area contributed by atoms with Gasteiger partial charge in [-0.3, -0.25) is 4.79 Å². The van der Waals surface area contributed by atoms with Crippen molar-refractivity contribution >= 4 is 5.91 Å². The molecule has 4 nitrogen and oxygen atoms in total. The second-order valence-electron chi connectivity index (χ2n) is 5.62. The lowest BCUT2D eigenvalue weighted by atomic mass is 10.1. The predicted molar refractivity (Wildman–Crippen MR) is 100 cm³/mol. The van der Waals surface area contributed by atoms with E-state index < -0.39 is 0 Å². The number of rotatable bonds is 10. The number of benzene rings is 2. The fraction of sp³-hybridized carbons (Fsp3) is 0.286. The average Bonchev–Trinajstić information content (AvgIpc) is 2.65. The van der Waals surface area contributed by atoms with Crippen LogP contribution in [0.3, 0.4) is 0 Å². The Morgan fingerprint density at radius 3 is 2.32 bits per heavy atom. The molecule has 2 aromatic carbocycles. The van der Waals surface area contributed by atoms with Gasteiger partial charge in [0.1, 0.15) is 24.7 Å². The molecule has 0 fully saturated rings. The summed E-state index contributed by atoms with van der Waals surface area (Å²) < 4.78 is 11.0. The number of hydrogen-bond acceptors (Lipinski definition) is 3.